The number of hydrogen-bond acceptors (Lipinski definition) is 5. The summed E-state index contributed by atoms with van der Waals surface area (Å²) in [6.45, 7) is 13.7. The largest absolute Gasteiger partial charge is 0.459 e. The molecular formula is C41H52O5. The molecule has 46 heavy (non-hydrogen) atoms. The zero-order valence-corrected chi connectivity index (χ0v) is 28.2. The predicted octanol–water partition coefficient (Wildman–Crippen LogP) is 9.08. The van der Waals surface area contributed by atoms with E-state index < -0.39 is 0 Å². The van der Waals surface area contributed by atoms with Crippen LogP contribution in [0.5, 0.6) is 0 Å². The van der Waals surface area contributed by atoms with Crippen molar-refractivity contribution in [3.05, 3.63) is 83.9 Å². The van der Waals surface area contributed by atoms with Crippen LogP contribution >= 0.6 is 0 Å². The van der Waals surface area contributed by atoms with Crippen LogP contribution in [0.1, 0.15) is 106 Å². The van der Waals surface area contributed by atoms with Crippen LogP contribution in [0, 0.1) is 46.3 Å². The number of carbonyl (C=O) groups is 2. The number of esters is 2. The van der Waals surface area contributed by atoms with Gasteiger partial charge in [-0.25, -0.2) is 9.59 Å². The standard InChI is InChI=1S/C41H52O5/c1-25(2)16-19-33-26(3)36-34(45-33)23-32-31-18-17-29-22-30(44-38(42)27-12-8-6-9-13-27)20-21-40(29,4)37(31)35(24-41(32,36)5)46-39(43)28-14-10-7-11-15-28/h6-15,26,29-37H,1,16-24H2,2-5H3/t26-,29+,30-,31+,32+,33-,34+,35+,36+,37-,40+,41+/m1/s1. The van der Waals surface area contributed by atoms with Gasteiger partial charge in [0.15, 0.2) is 0 Å². The minimum atomic E-state index is -0.223. The second-order valence-electron chi connectivity index (χ2n) is 16.1. The van der Waals surface area contributed by atoms with Crippen LogP contribution in [0.2, 0.25) is 0 Å². The number of rotatable bonds is 7. The average Bonchev–Trinajstić information content (AvgIpc) is 3.53. The molecule has 12 atom stereocenters. The molecule has 246 valence electrons. The lowest BCUT2D eigenvalue weighted by Gasteiger charge is -2.63. The first-order chi connectivity index (χ1) is 22.1. The summed E-state index contributed by atoms with van der Waals surface area (Å²) in [5.74, 6) is 2.30. The zero-order valence-electron chi connectivity index (χ0n) is 28.2. The van der Waals surface area contributed by atoms with Crippen molar-refractivity contribution >= 4 is 11.9 Å². The molecule has 2 aromatic rings. The van der Waals surface area contributed by atoms with Gasteiger partial charge in [0.05, 0.1) is 23.3 Å². The molecule has 0 unspecified atom stereocenters. The van der Waals surface area contributed by atoms with Crippen LogP contribution in [0.4, 0.5) is 0 Å². The maximum Gasteiger partial charge on any atom is 0.338 e. The molecular weight excluding hydrogens is 572 g/mol. The molecule has 0 aromatic heterocycles. The van der Waals surface area contributed by atoms with Gasteiger partial charge in [0.25, 0.3) is 0 Å². The van der Waals surface area contributed by atoms with E-state index in [1.165, 1.54) is 5.57 Å². The maximum absolute atomic E-state index is 13.7. The maximum atomic E-state index is 13.7. The molecule has 0 N–H and O–H groups in total. The first-order valence-corrected chi connectivity index (χ1v) is 17.9. The second kappa shape index (κ2) is 12.3. The Morgan fingerprint density at radius 3 is 2.17 bits per heavy atom. The van der Waals surface area contributed by atoms with Crippen molar-refractivity contribution in [1.29, 1.82) is 0 Å². The highest BCUT2D eigenvalue weighted by molar-refractivity contribution is 5.90. The van der Waals surface area contributed by atoms with Crippen molar-refractivity contribution < 1.29 is 23.8 Å². The summed E-state index contributed by atoms with van der Waals surface area (Å²) < 4.78 is 19.7. The van der Waals surface area contributed by atoms with Crippen molar-refractivity contribution in [3.63, 3.8) is 0 Å². The van der Waals surface area contributed by atoms with E-state index in [9.17, 15) is 9.59 Å². The van der Waals surface area contributed by atoms with Crippen molar-refractivity contribution in [2.45, 2.75) is 110 Å². The van der Waals surface area contributed by atoms with Crippen LogP contribution < -0.4 is 0 Å². The van der Waals surface area contributed by atoms with Crippen molar-refractivity contribution in [2.24, 2.45) is 46.3 Å². The van der Waals surface area contributed by atoms with Crippen molar-refractivity contribution in [1.82, 2.24) is 0 Å². The van der Waals surface area contributed by atoms with Gasteiger partial charge in [0.2, 0.25) is 0 Å². The molecule has 0 radical (unpaired) electrons. The average molecular weight is 625 g/mol. The molecule has 1 heterocycles. The molecule has 2 aromatic carbocycles. The lowest BCUT2D eigenvalue weighted by molar-refractivity contribution is -0.181. The summed E-state index contributed by atoms with van der Waals surface area (Å²) in [4.78, 5) is 26.7. The van der Waals surface area contributed by atoms with Crippen LogP contribution in [0.25, 0.3) is 0 Å². The third-order valence-corrected chi connectivity index (χ3v) is 13.5. The van der Waals surface area contributed by atoms with E-state index in [4.69, 9.17) is 14.2 Å². The summed E-state index contributed by atoms with van der Waals surface area (Å²) >= 11 is 0. The van der Waals surface area contributed by atoms with E-state index >= 15 is 0 Å². The topological polar surface area (TPSA) is 61.8 Å². The summed E-state index contributed by atoms with van der Waals surface area (Å²) in [6, 6.07) is 18.9. The molecule has 5 aliphatic rings. The van der Waals surface area contributed by atoms with Crippen LogP contribution in [0.3, 0.4) is 0 Å². The Hall–Kier alpha value is -2.92. The smallest absolute Gasteiger partial charge is 0.338 e. The molecule has 0 bridgehead atoms. The number of carbonyl (C=O) groups excluding carboxylic acids is 2. The highest BCUT2D eigenvalue weighted by atomic mass is 16.5. The Labute approximate surface area is 275 Å². The van der Waals surface area contributed by atoms with E-state index in [1.807, 2.05) is 60.7 Å². The Balaban J connectivity index is 1.15. The van der Waals surface area contributed by atoms with Crippen LogP contribution in [0.15, 0.2) is 72.8 Å². The zero-order chi connectivity index (χ0) is 32.2. The Kier molecular flexibility index (Phi) is 8.45. The van der Waals surface area contributed by atoms with Gasteiger partial charge in [-0.05, 0) is 129 Å². The van der Waals surface area contributed by atoms with Crippen LogP contribution in [-0.4, -0.2) is 36.4 Å². The van der Waals surface area contributed by atoms with E-state index in [0.717, 1.165) is 57.8 Å². The van der Waals surface area contributed by atoms with E-state index in [1.54, 1.807) is 0 Å². The molecule has 4 saturated carbocycles. The fourth-order valence-corrected chi connectivity index (χ4v) is 11.5. The van der Waals surface area contributed by atoms with Crippen LogP contribution in [-0.2, 0) is 14.2 Å². The molecule has 1 saturated heterocycles. The van der Waals surface area contributed by atoms with E-state index in [-0.39, 0.29) is 53.1 Å². The van der Waals surface area contributed by atoms with Gasteiger partial charge in [-0.2, -0.15) is 0 Å². The highest BCUT2D eigenvalue weighted by Crippen LogP contribution is 2.70. The summed E-state index contributed by atoms with van der Waals surface area (Å²) in [5, 5.41) is 0. The number of ether oxygens (including phenoxy) is 3. The number of benzene rings is 2. The molecule has 5 fully saturated rings. The van der Waals surface area contributed by atoms with Gasteiger partial charge in [0, 0.05) is 5.92 Å². The summed E-state index contributed by atoms with van der Waals surface area (Å²) in [7, 11) is 0. The first-order valence-electron chi connectivity index (χ1n) is 17.9. The molecule has 0 spiro atoms. The van der Waals surface area contributed by atoms with Gasteiger partial charge < -0.3 is 14.2 Å². The monoisotopic (exact) mass is 624 g/mol. The van der Waals surface area contributed by atoms with Gasteiger partial charge in [-0.15, -0.1) is 6.58 Å². The number of allylic oxidation sites excluding steroid dienone is 1. The molecule has 7 rings (SSSR count). The van der Waals surface area contributed by atoms with Gasteiger partial charge in [-0.3, -0.25) is 0 Å². The minimum absolute atomic E-state index is 0.0235. The molecule has 5 heteroatoms. The number of fused-ring (bicyclic) bond motifs is 7. The first kappa shape index (κ1) is 31.7. The Bertz CT molecular complexity index is 1440. The third-order valence-electron chi connectivity index (χ3n) is 13.5. The number of hydrogen-bond donors (Lipinski definition) is 0. The SMILES string of the molecule is C=C(C)CC[C@H]1O[C@H]2C[C@H]3[C@@H]4CC[C@H]5C[C@H](OC(=O)c6ccccc6)CC[C@]5(C)[C@H]4[C@@H](OC(=O)c4ccccc4)C[C@]3(C)[C@H]2[C@@H]1C. The van der Waals surface area contributed by atoms with Gasteiger partial charge >= 0.3 is 11.9 Å². The van der Waals surface area contributed by atoms with Crippen molar-refractivity contribution in [2.75, 3.05) is 0 Å². The quantitative estimate of drug-likeness (QED) is 0.227. The summed E-state index contributed by atoms with van der Waals surface area (Å²) in [5.41, 5.74) is 2.55. The fraction of sp³-hybridized carbons (Fsp3) is 0.610. The van der Waals surface area contributed by atoms with Crippen molar-refractivity contribution in [3.8, 4) is 0 Å². The second-order valence-corrected chi connectivity index (χ2v) is 16.1. The van der Waals surface area contributed by atoms with Gasteiger partial charge in [0.1, 0.15) is 12.2 Å². The highest BCUT2D eigenvalue weighted by Gasteiger charge is 2.68. The minimum Gasteiger partial charge on any atom is -0.459 e. The molecule has 1 aliphatic heterocycles. The summed E-state index contributed by atoms with van der Waals surface area (Å²) in [6.07, 6.45) is 9.40. The van der Waals surface area contributed by atoms with Gasteiger partial charge in [-0.1, -0.05) is 62.7 Å². The molecule has 4 aliphatic carbocycles. The third kappa shape index (κ3) is 5.45. The molecule has 0 amide bonds. The normalized spacial score (nSPS) is 41.0. The van der Waals surface area contributed by atoms with E-state index in [2.05, 4.69) is 34.3 Å². The lowest BCUT2D eigenvalue weighted by Crippen LogP contribution is -2.60. The Morgan fingerprint density at radius 1 is 0.870 bits per heavy atom. The lowest BCUT2D eigenvalue weighted by atomic mass is 9.43. The predicted molar refractivity (Wildman–Crippen MR) is 179 cm³/mol. The van der Waals surface area contributed by atoms with E-state index in [0.29, 0.717) is 40.7 Å². The Morgan fingerprint density at radius 2 is 1.52 bits per heavy atom. The fourth-order valence-electron chi connectivity index (χ4n) is 11.5. The molecule has 5 nitrogen and oxygen atoms in total.